The van der Waals surface area contributed by atoms with Gasteiger partial charge in [-0.15, -0.1) is 0 Å². The van der Waals surface area contributed by atoms with Crippen molar-refractivity contribution in [3.05, 3.63) is 83.9 Å². The van der Waals surface area contributed by atoms with Crippen LogP contribution in [0, 0.1) is 0 Å². The van der Waals surface area contributed by atoms with Gasteiger partial charge in [0.25, 0.3) is 0 Å². The molecule has 0 spiro atoms. The molecule has 0 aliphatic carbocycles. The van der Waals surface area contributed by atoms with Crippen LogP contribution in [0.15, 0.2) is 72.8 Å². The van der Waals surface area contributed by atoms with Crippen molar-refractivity contribution in [2.24, 2.45) is 0 Å². The SMILES string of the molecule is CCN(Cc1ccc(OC[C@@H]2CN(C)c3ccccc3O2)cc1)c1cccc(CC(=O)O)c1. The highest BCUT2D eigenvalue weighted by Crippen LogP contribution is 2.32. The molecule has 6 heteroatoms. The number of aliphatic carboxylic acids is 1. The maximum absolute atomic E-state index is 11.0. The molecule has 0 aromatic heterocycles. The summed E-state index contributed by atoms with van der Waals surface area (Å²) in [6.07, 6.45) is 0.00186. The molecule has 1 aliphatic rings. The Balaban J connectivity index is 1.34. The molecule has 0 saturated heterocycles. The topological polar surface area (TPSA) is 62.2 Å². The van der Waals surface area contributed by atoms with Crippen LogP contribution in [0.5, 0.6) is 11.5 Å². The zero-order chi connectivity index (χ0) is 23.2. The van der Waals surface area contributed by atoms with Crippen LogP contribution in [0.25, 0.3) is 0 Å². The van der Waals surface area contributed by atoms with Crippen LogP contribution in [0.2, 0.25) is 0 Å². The lowest BCUT2D eigenvalue weighted by Gasteiger charge is -2.33. The molecule has 1 N–H and O–H groups in total. The van der Waals surface area contributed by atoms with Gasteiger partial charge in [0.2, 0.25) is 0 Å². The standard InChI is InChI=1S/C27H30N2O4/c1-3-29(22-8-6-7-21(15-22)16-27(30)31)17-20-11-13-23(14-12-20)32-19-24-18-28(2)25-9-4-5-10-26(25)33-24/h4-15,24H,3,16-19H2,1-2H3,(H,30,31)/t24-/m0/s1. The Kier molecular flexibility index (Phi) is 7.03. The lowest BCUT2D eigenvalue weighted by molar-refractivity contribution is -0.136. The molecule has 0 unspecified atom stereocenters. The van der Waals surface area contributed by atoms with Gasteiger partial charge in [0.15, 0.2) is 0 Å². The molecule has 0 radical (unpaired) electrons. The third-order valence-corrected chi connectivity index (χ3v) is 5.79. The van der Waals surface area contributed by atoms with Crippen molar-refractivity contribution in [1.82, 2.24) is 0 Å². The monoisotopic (exact) mass is 446 g/mol. The highest BCUT2D eigenvalue weighted by molar-refractivity contribution is 5.71. The largest absolute Gasteiger partial charge is 0.490 e. The summed E-state index contributed by atoms with van der Waals surface area (Å²) in [6, 6.07) is 23.9. The van der Waals surface area contributed by atoms with E-state index in [1.54, 1.807) is 0 Å². The van der Waals surface area contributed by atoms with Crippen LogP contribution < -0.4 is 19.3 Å². The molecule has 1 aliphatic heterocycles. The quantitative estimate of drug-likeness (QED) is 0.518. The third kappa shape index (κ3) is 5.77. The summed E-state index contributed by atoms with van der Waals surface area (Å²) < 4.78 is 12.1. The van der Waals surface area contributed by atoms with Gasteiger partial charge in [-0.2, -0.15) is 0 Å². The van der Waals surface area contributed by atoms with E-state index < -0.39 is 5.97 Å². The highest BCUT2D eigenvalue weighted by Gasteiger charge is 2.23. The second-order valence-corrected chi connectivity index (χ2v) is 8.30. The fraction of sp³-hybridized carbons (Fsp3) is 0.296. The maximum atomic E-state index is 11.0. The van der Waals surface area contributed by atoms with E-state index >= 15 is 0 Å². The molecule has 0 amide bonds. The van der Waals surface area contributed by atoms with E-state index in [4.69, 9.17) is 14.6 Å². The first kappa shape index (κ1) is 22.5. The molecule has 3 aromatic rings. The van der Waals surface area contributed by atoms with Crippen molar-refractivity contribution in [2.75, 3.05) is 36.5 Å². The molecule has 6 nitrogen and oxygen atoms in total. The lowest BCUT2D eigenvalue weighted by atomic mass is 10.1. The van der Waals surface area contributed by atoms with Crippen molar-refractivity contribution >= 4 is 17.3 Å². The van der Waals surface area contributed by atoms with Crippen LogP contribution in [-0.4, -0.2) is 43.9 Å². The van der Waals surface area contributed by atoms with Crippen molar-refractivity contribution in [3.8, 4) is 11.5 Å². The van der Waals surface area contributed by atoms with Crippen molar-refractivity contribution in [2.45, 2.75) is 26.0 Å². The van der Waals surface area contributed by atoms with E-state index in [9.17, 15) is 4.79 Å². The van der Waals surface area contributed by atoms with E-state index in [1.807, 2.05) is 54.6 Å². The molecular formula is C27H30N2O4. The van der Waals surface area contributed by atoms with Gasteiger partial charge in [-0.25, -0.2) is 0 Å². The Bertz CT molecular complexity index is 1080. The van der Waals surface area contributed by atoms with Gasteiger partial charge in [0, 0.05) is 25.8 Å². The summed E-state index contributed by atoms with van der Waals surface area (Å²) in [5, 5.41) is 9.06. The van der Waals surface area contributed by atoms with Gasteiger partial charge in [-0.05, 0) is 54.4 Å². The number of carboxylic acids is 1. The van der Waals surface area contributed by atoms with E-state index in [-0.39, 0.29) is 12.5 Å². The van der Waals surface area contributed by atoms with Gasteiger partial charge in [0.1, 0.15) is 24.2 Å². The summed E-state index contributed by atoms with van der Waals surface area (Å²) in [6.45, 7) is 4.92. The number of likely N-dealkylation sites (N-methyl/N-ethyl adjacent to an activating group) is 1. The molecular weight excluding hydrogens is 416 g/mol. The molecule has 1 atom stereocenters. The molecule has 0 bridgehead atoms. The van der Waals surface area contributed by atoms with Gasteiger partial charge in [-0.3, -0.25) is 4.79 Å². The average Bonchev–Trinajstić information content (AvgIpc) is 2.82. The number of fused-ring (bicyclic) bond motifs is 1. The number of nitrogens with zero attached hydrogens (tertiary/aromatic N) is 2. The number of hydrogen-bond donors (Lipinski definition) is 1. The predicted molar refractivity (Wildman–Crippen MR) is 131 cm³/mol. The van der Waals surface area contributed by atoms with Crippen molar-refractivity contribution in [3.63, 3.8) is 0 Å². The Labute approximate surface area is 195 Å². The first-order chi connectivity index (χ1) is 16.0. The second kappa shape index (κ2) is 10.3. The Morgan fingerprint density at radius 3 is 2.64 bits per heavy atom. The fourth-order valence-electron chi connectivity index (χ4n) is 4.10. The zero-order valence-electron chi connectivity index (χ0n) is 19.1. The molecule has 0 saturated carbocycles. The van der Waals surface area contributed by atoms with Crippen LogP contribution in [-0.2, 0) is 17.8 Å². The number of anilines is 2. The van der Waals surface area contributed by atoms with Crippen molar-refractivity contribution in [1.29, 1.82) is 0 Å². The Hall–Kier alpha value is -3.67. The fourth-order valence-corrected chi connectivity index (χ4v) is 4.10. The second-order valence-electron chi connectivity index (χ2n) is 8.30. The number of hydrogen-bond acceptors (Lipinski definition) is 5. The molecule has 0 fully saturated rings. The van der Waals surface area contributed by atoms with Crippen LogP contribution >= 0.6 is 0 Å². The van der Waals surface area contributed by atoms with Gasteiger partial charge >= 0.3 is 5.97 Å². The maximum Gasteiger partial charge on any atom is 0.307 e. The van der Waals surface area contributed by atoms with Crippen LogP contribution in [0.3, 0.4) is 0 Å². The van der Waals surface area contributed by atoms with Gasteiger partial charge in [0.05, 0.1) is 18.7 Å². The highest BCUT2D eigenvalue weighted by atomic mass is 16.5. The summed E-state index contributed by atoms with van der Waals surface area (Å²) in [5.41, 5.74) is 4.10. The summed E-state index contributed by atoms with van der Waals surface area (Å²) in [5.74, 6) is 0.887. The minimum absolute atomic E-state index is 0.0294. The van der Waals surface area contributed by atoms with Crippen LogP contribution in [0.1, 0.15) is 18.1 Å². The van der Waals surface area contributed by atoms with E-state index in [0.29, 0.717) is 6.61 Å². The molecule has 172 valence electrons. The average molecular weight is 447 g/mol. The Morgan fingerprint density at radius 1 is 1.09 bits per heavy atom. The minimum atomic E-state index is -0.819. The lowest BCUT2D eigenvalue weighted by Crippen LogP contribution is -2.41. The Morgan fingerprint density at radius 2 is 1.88 bits per heavy atom. The minimum Gasteiger partial charge on any atom is -0.490 e. The molecule has 33 heavy (non-hydrogen) atoms. The third-order valence-electron chi connectivity index (χ3n) is 5.79. The molecule has 1 heterocycles. The normalized spacial score (nSPS) is 14.8. The predicted octanol–water partition coefficient (Wildman–Crippen LogP) is 4.62. The number of carboxylic acid groups (broad SMARTS) is 1. The molecule has 3 aromatic carbocycles. The first-order valence-corrected chi connectivity index (χ1v) is 11.3. The number of ether oxygens (including phenoxy) is 2. The summed E-state index contributed by atoms with van der Waals surface area (Å²) in [4.78, 5) is 15.5. The summed E-state index contributed by atoms with van der Waals surface area (Å²) in [7, 11) is 2.07. The van der Waals surface area contributed by atoms with E-state index in [0.717, 1.165) is 53.6 Å². The molecule has 4 rings (SSSR count). The number of benzene rings is 3. The van der Waals surface area contributed by atoms with Gasteiger partial charge in [-0.1, -0.05) is 36.4 Å². The van der Waals surface area contributed by atoms with Crippen LogP contribution in [0.4, 0.5) is 11.4 Å². The first-order valence-electron chi connectivity index (χ1n) is 11.3. The smallest absolute Gasteiger partial charge is 0.307 e. The van der Waals surface area contributed by atoms with Crippen molar-refractivity contribution < 1.29 is 19.4 Å². The zero-order valence-corrected chi connectivity index (χ0v) is 19.1. The van der Waals surface area contributed by atoms with E-state index in [2.05, 4.69) is 42.0 Å². The number of para-hydroxylation sites is 2. The summed E-state index contributed by atoms with van der Waals surface area (Å²) >= 11 is 0. The van der Waals surface area contributed by atoms with Gasteiger partial charge < -0.3 is 24.4 Å². The number of rotatable bonds is 9. The number of carbonyl (C=O) groups is 1. The van der Waals surface area contributed by atoms with E-state index in [1.165, 1.54) is 0 Å².